The minimum absolute atomic E-state index is 0.102. The predicted octanol–water partition coefficient (Wildman–Crippen LogP) is 0.183. The summed E-state index contributed by atoms with van der Waals surface area (Å²) in [5.74, 6) is -0.354. The van der Waals surface area contributed by atoms with Gasteiger partial charge in [-0.15, -0.1) is 0 Å². The largest absolute Gasteiger partial charge is 0.485 e. The molecule has 0 saturated carbocycles. The van der Waals surface area contributed by atoms with Crippen LogP contribution < -0.4 is 15.8 Å². The molecule has 0 aliphatic heterocycles. The lowest BCUT2D eigenvalue weighted by Crippen LogP contribution is -2.31. The summed E-state index contributed by atoms with van der Waals surface area (Å²) in [5, 5.41) is 12.5. The van der Waals surface area contributed by atoms with Gasteiger partial charge in [-0.25, -0.2) is 8.42 Å². The zero-order valence-corrected chi connectivity index (χ0v) is 12.4. The average Bonchev–Trinajstić information content (AvgIpc) is 2.43. The van der Waals surface area contributed by atoms with Crippen LogP contribution in [0.25, 0.3) is 0 Å². The van der Waals surface area contributed by atoms with E-state index in [1.165, 1.54) is 13.0 Å². The van der Waals surface area contributed by atoms with Gasteiger partial charge in [0.1, 0.15) is 17.6 Å². The highest BCUT2D eigenvalue weighted by molar-refractivity contribution is 7.92. The first-order valence-electron chi connectivity index (χ1n) is 5.93. The predicted molar refractivity (Wildman–Crippen MR) is 78.3 cm³/mol. The molecule has 1 atom stereocenters. The molecule has 0 radical (unpaired) electrons. The van der Waals surface area contributed by atoms with Gasteiger partial charge in [0.05, 0.1) is 0 Å². The molecule has 0 saturated heterocycles. The third-order valence-corrected chi connectivity index (χ3v) is 4.13. The summed E-state index contributed by atoms with van der Waals surface area (Å²) in [6.07, 6.45) is 0.994. The third-order valence-electron chi connectivity index (χ3n) is 2.63. The van der Waals surface area contributed by atoms with Crippen LogP contribution in [0.1, 0.15) is 6.92 Å². The Kier molecular flexibility index (Phi) is 5.53. The molecule has 21 heavy (non-hydrogen) atoms. The minimum Gasteiger partial charge on any atom is -0.485 e. The molecule has 0 aliphatic carbocycles. The summed E-state index contributed by atoms with van der Waals surface area (Å²) in [5.41, 5.74) is 5.65. The SMILES string of the molecule is CC(C(=O)Nc1cccc(OC/C(N)=N/O)c1)S(C)(=O)=O. The van der Waals surface area contributed by atoms with Crippen LogP contribution in [0.15, 0.2) is 29.4 Å². The Labute approximate surface area is 122 Å². The topological polar surface area (TPSA) is 131 Å². The van der Waals surface area contributed by atoms with Crippen LogP contribution >= 0.6 is 0 Å². The summed E-state index contributed by atoms with van der Waals surface area (Å²) in [7, 11) is -3.46. The van der Waals surface area contributed by atoms with Gasteiger partial charge < -0.3 is 21.0 Å². The number of carbonyl (C=O) groups is 1. The van der Waals surface area contributed by atoms with Crippen LogP contribution in [0.3, 0.4) is 0 Å². The Morgan fingerprint density at radius 1 is 1.52 bits per heavy atom. The van der Waals surface area contributed by atoms with Crippen LogP contribution in [0.2, 0.25) is 0 Å². The molecule has 0 heterocycles. The first-order chi connectivity index (χ1) is 9.74. The second-order valence-corrected chi connectivity index (χ2v) is 6.74. The Morgan fingerprint density at radius 3 is 2.76 bits per heavy atom. The summed E-state index contributed by atoms with van der Waals surface area (Å²) in [4.78, 5) is 11.8. The molecule has 8 nitrogen and oxygen atoms in total. The maximum absolute atomic E-state index is 11.8. The lowest BCUT2D eigenvalue weighted by atomic mass is 10.3. The average molecular weight is 315 g/mol. The van der Waals surface area contributed by atoms with Crippen LogP contribution in [-0.4, -0.2) is 43.5 Å². The number of benzene rings is 1. The van der Waals surface area contributed by atoms with Crippen molar-refractivity contribution in [1.29, 1.82) is 0 Å². The summed E-state index contributed by atoms with van der Waals surface area (Å²) in [6.45, 7) is 1.19. The zero-order chi connectivity index (χ0) is 16.0. The number of sulfone groups is 1. The number of anilines is 1. The summed E-state index contributed by atoms with van der Waals surface area (Å²) in [6, 6.07) is 6.31. The number of amides is 1. The molecule has 4 N–H and O–H groups in total. The van der Waals surface area contributed by atoms with Gasteiger partial charge in [0, 0.05) is 18.0 Å². The lowest BCUT2D eigenvalue weighted by Gasteiger charge is -2.11. The van der Waals surface area contributed by atoms with Crippen molar-refractivity contribution in [3.8, 4) is 5.75 Å². The molecule has 1 rings (SSSR count). The molecule has 116 valence electrons. The molecule has 0 fully saturated rings. The molecule has 0 bridgehead atoms. The van der Waals surface area contributed by atoms with E-state index in [1.54, 1.807) is 18.2 Å². The Hall–Kier alpha value is -2.29. The minimum atomic E-state index is -3.46. The molecule has 1 amide bonds. The van der Waals surface area contributed by atoms with Gasteiger partial charge in [-0.05, 0) is 19.1 Å². The van der Waals surface area contributed by atoms with E-state index in [2.05, 4.69) is 10.5 Å². The number of amidine groups is 1. The molecule has 1 aromatic carbocycles. The van der Waals surface area contributed by atoms with Gasteiger partial charge in [-0.3, -0.25) is 4.79 Å². The second-order valence-electron chi connectivity index (χ2n) is 4.37. The number of carbonyl (C=O) groups excluding carboxylic acids is 1. The van der Waals surface area contributed by atoms with Crippen LogP contribution in [0.4, 0.5) is 5.69 Å². The smallest absolute Gasteiger partial charge is 0.242 e. The first kappa shape index (κ1) is 16.8. The number of nitrogens with two attached hydrogens (primary N) is 1. The highest BCUT2D eigenvalue weighted by Crippen LogP contribution is 2.18. The van der Waals surface area contributed by atoms with E-state index in [4.69, 9.17) is 15.7 Å². The maximum Gasteiger partial charge on any atom is 0.242 e. The molecule has 0 spiro atoms. The van der Waals surface area contributed by atoms with Crippen LogP contribution in [0, 0.1) is 0 Å². The van der Waals surface area contributed by atoms with Gasteiger partial charge in [-0.2, -0.15) is 0 Å². The van der Waals surface area contributed by atoms with Crippen molar-refractivity contribution in [1.82, 2.24) is 0 Å². The number of rotatable bonds is 6. The molecular weight excluding hydrogens is 298 g/mol. The maximum atomic E-state index is 11.8. The van der Waals surface area contributed by atoms with Gasteiger partial charge >= 0.3 is 0 Å². The second kappa shape index (κ2) is 6.93. The number of hydrogen-bond acceptors (Lipinski definition) is 6. The quantitative estimate of drug-likeness (QED) is 0.297. The van der Waals surface area contributed by atoms with E-state index >= 15 is 0 Å². The van der Waals surface area contributed by atoms with Crippen molar-refractivity contribution in [3.63, 3.8) is 0 Å². The molecule has 9 heteroatoms. The van der Waals surface area contributed by atoms with Crippen LogP contribution in [-0.2, 0) is 14.6 Å². The van der Waals surface area contributed by atoms with E-state index < -0.39 is 21.0 Å². The van der Waals surface area contributed by atoms with Crippen molar-refractivity contribution >= 4 is 27.3 Å². The monoisotopic (exact) mass is 315 g/mol. The van der Waals surface area contributed by atoms with Crippen molar-refractivity contribution in [3.05, 3.63) is 24.3 Å². The number of nitrogens with zero attached hydrogens (tertiary/aromatic N) is 1. The highest BCUT2D eigenvalue weighted by atomic mass is 32.2. The van der Waals surface area contributed by atoms with E-state index in [1.807, 2.05) is 0 Å². The molecule has 0 aromatic heterocycles. The zero-order valence-electron chi connectivity index (χ0n) is 11.6. The van der Waals surface area contributed by atoms with Crippen molar-refractivity contribution in [2.24, 2.45) is 10.9 Å². The Bertz CT molecular complexity index is 642. The molecule has 0 aliphatic rings. The third kappa shape index (κ3) is 5.30. The summed E-state index contributed by atoms with van der Waals surface area (Å²) >= 11 is 0. The van der Waals surface area contributed by atoms with E-state index in [0.29, 0.717) is 11.4 Å². The van der Waals surface area contributed by atoms with Gasteiger partial charge in [0.25, 0.3) is 0 Å². The van der Waals surface area contributed by atoms with Crippen LogP contribution in [0.5, 0.6) is 5.75 Å². The Morgan fingerprint density at radius 2 is 2.19 bits per heavy atom. The lowest BCUT2D eigenvalue weighted by molar-refractivity contribution is -0.115. The number of ether oxygens (including phenoxy) is 1. The first-order valence-corrected chi connectivity index (χ1v) is 7.88. The van der Waals surface area contributed by atoms with E-state index in [9.17, 15) is 13.2 Å². The van der Waals surface area contributed by atoms with E-state index in [0.717, 1.165) is 6.26 Å². The number of oxime groups is 1. The van der Waals surface area contributed by atoms with Crippen molar-refractivity contribution in [2.45, 2.75) is 12.2 Å². The van der Waals surface area contributed by atoms with Gasteiger partial charge in [0.15, 0.2) is 15.7 Å². The fourth-order valence-electron chi connectivity index (χ4n) is 1.29. The fraction of sp³-hybridized carbons (Fsp3) is 0.333. The Balaban J connectivity index is 2.75. The molecule has 1 unspecified atom stereocenters. The molecular formula is C12H17N3O5S. The summed E-state index contributed by atoms with van der Waals surface area (Å²) < 4.78 is 27.8. The van der Waals surface area contributed by atoms with Gasteiger partial charge in [0.2, 0.25) is 5.91 Å². The van der Waals surface area contributed by atoms with Gasteiger partial charge in [-0.1, -0.05) is 11.2 Å². The highest BCUT2D eigenvalue weighted by Gasteiger charge is 2.23. The fourth-order valence-corrected chi connectivity index (χ4v) is 1.74. The molecule has 1 aromatic rings. The standard InChI is InChI=1S/C12H17N3O5S/c1-8(21(2,18)19)12(16)14-9-4-3-5-10(6-9)20-7-11(13)15-17/h3-6,8,17H,7H2,1-2H3,(H2,13,15)(H,14,16). The van der Waals surface area contributed by atoms with Crippen molar-refractivity contribution < 1.29 is 23.2 Å². The number of nitrogens with one attached hydrogen (secondary N) is 1. The number of hydrogen-bond donors (Lipinski definition) is 3. The normalized spacial score (nSPS) is 13.5. The van der Waals surface area contributed by atoms with Crippen molar-refractivity contribution in [2.75, 3.05) is 18.2 Å². The van der Waals surface area contributed by atoms with E-state index in [-0.39, 0.29) is 12.4 Å².